The van der Waals surface area contributed by atoms with Gasteiger partial charge in [0.2, 0.25) is 0 Å². The smallest absolute Gasteiger partial charge is 0.119 e. The monoisotopic (exact) mass is 232 g/mol. The van der Waals surface area contributed by atoms with Crippen molar-refractivity contribution >= 4 is 11.8 Å². The zero-order chi connectivity index (χ0) is 11.4. The highest BCUT2D eigenvalue weighted by atomic mass is 32.2. The van der Waals surface area contributed by atoms with E-state index < -0.39 is 0 Å². The van der Waals surface area contributed by atoms with Crippen molar-refractivity contribution in [1.29, 1.82) is 0 Å². The van der Waals surface area contributed by atoms with Crippen LogP contribution < -0.4 is 0 Å². The van der Waals surface area contributed by atoms with Gasteiger partial charge in [-0.2, -0.15) is 0 Å². The lowest BCUT2D eigenvalue weighted by Crippen LogP contribution is -1.89. The number of aliphatic hydroxyl groups is 1. The zero-order valence-electron chi connectivity index (χ0n) is 8.92. The van der Waals surface area contributed by atoms with E-state index in [1.807, 2.05) is 25.1 Å². The molecule has 0 saturated carbocycles. The first kappa shape index (κ1) is 11.1. The van der Waals surface area contributed by atoms with E-state index in [9.17, 15) is 5.11 Å². The van der Waals surface area contributed by atoms with Crippen molar-refractivity contribution in [3.8, 4) is 0 Å². The fourth-order valence-electron chi connectivity index (χ4n) is 1.38. The largest absolute Gasteiger partial charge is 0.392 e. The molecule has 0 aliphatic rings. The molecule has 3 nitrogen and oxygen atoms in total. The Morgan fingerprint density at radius 3 is 2.88 bits per heavy atom. The van der Waals surface area contributed by atoms with Crippen molar-refractivity contribution in [3.63, 3.8) is 0 Å². The summed E-state index contributed by atoms with van der Waals surface area (Å²) in [5, 5.41) is 10.1. The highest BCUT2D eigenvalue weighted by Crippen LogP contribution is 2.29. The normalized spacial score (nSPS) is 10.4. The minimum absolute atomic E-state index is 0.0459. The Bertz CT molecular complexity index is 474. The van der Waals surface area contributed by atoms with Crippen LogP contribution in [-0.2, 0) is 6.61 Å². The molecular formula is C12H12N2OS. The van der Waals surface area contributed by atoms with Crippen LogP contribution in [0.1, 0.15) is 11.1 Å². The summed E-state index contributed by atoms with van der Waals surface area (Å²) in [6, 6.07) is 6.01. The number of aliphatic hydroxyl groups excluding tert-OH is 1. The molecule has 16 heavy (non-hydrogen) atoms. The first-order chi connectivity index (χ1) is 7.79. The minimum atomic E-state index is 0.0459. The SMILES string of the molecule is Cc1ccc(Sc2cnccn2)c(CO)c1. The average molecular weight is 232 g/mol. The molecule has 0 aliphatic carbocycles. The maximum absolute atomic E-state index is 9.27. The fraction of sp³-hybridized carbons (Fsp3) is 0.167. The molecule has 1 aromatic heterocycles. The van der Waals surface area contributed by atoms with E-state index in [1.165, 1.54) is 11.8 Å². The lowest BCUT2D eigenvalue weighted by Gasteiger charge is -2.06. The van der Waals surface area contributed by atoms with Crippen molar-refractivity contribution in [2.24, 2.45) is 0 Å². The van der Waals surface area contributed by atoms with Crippen LogP contribution in [0.4, 0.5) is 0 Å². The summed E-state index contributed by atoms with van der Waals surface area (Å²) in [6.07, 6.45) is 5.02. The van der Waals surface area contributed by atoms with Crippen molar-refractivity contribution in [1.82, 2.24) is 9.97 Å². The topological polar surface area (TPSA) is 46.0 Å². The highest BCUT2D eigenvalue weighted by molar-refractivity contribution is 7.99. The molecule has 0 fully saturated rings. The van der Waals surface area contributed by atoms with E-state index in [0.29, 0.717) is 0 Å². The first-order valence-electron chi connectivity index (χ1n) is 4.94. The second-order valence-electron chi connectivity index (χ2n) is 3.42. The fourth-order valence-corrected chi connectivity index (χ4v) is 2.23. The summed E-state index contributed by atoms with van der Waals surface area (Å²) >= 11 is 1.51. The molecule has 0 saturated heterocycles. The summed E-state index contributed by atoms with van der Waals surface area (Å²) in [7, 11) is 0. The van der Waals surface area contributed by atoms with Gasteiger partial charge in [-0.3, -0.25) is 4.98 Å². The van der Waals surface area contributed by atoms with E-state index in [2.05, 4.69) is 9.97 Å². The van der Waals surface area contributed by atoms with Crippen LogP contribution in [0.15, 0.2) is 46.7 Å². The van der Waals surface area contributed by atoms with Gasteiger partial charge in [0.25, 0.3) is 0 Å². The Labute approximate surface area is 98.6 Å². The second-order valence-corrected chi connectivity index (χ2v) is 4.48. The minimum Gasteiger partial charge on any atom is -0.392 e. The van der Waals surface area contributed by atoms with Crippen LogP contribution in [-0.4, -0.2) is 15.1 Å². The molecule has 0 unspecified atom stereocenters. The molecule has 0 aliphatic heterocycles. The number of aryl methyl sites for hydroxylation is 1. The van der Waals surface area contributed by atoms with Crippen molar-refractivity contribution in [2.45, 2.75) is 23.5 Å². The number of benzene rings is 1. The predicted molar refractivity (Wildman–Crippen MR) is 63.3 cm³/mol. The Morgan fingerprint density at radius 2 is 2.19 bits per heavy atom. The summed E-state index contributed by atoms with van der Waals surface area (Å²) in [5.74, 6) is 0. The lowest BCUT2D eigenvalue weighted by atomic mass is 10.1. The molecule has 2 aromatic rings. The van der Waals surface area contributed by atoms with Gasteiger partial charge >= 0.3 is 0 Å². The molecule has 1 heterocycles. The van der Waals surface area contributed by atoms with Gasteiger partial charge in [-0.15, -0.1) is 0 Å². The van der Waals surface area contributed by atoms with Gasteiger partial charge in [0.15, 0.2) is 0 Å². The Morgan fingerprint density at radius 1 is 1.31 bits per heavy atom. The van der Waals surface area contributed by atoms with Gasteiger partial charge in [-0.1, -0.05) is 29.5 Å². The van der Waals surface area contributed by atoms with Gasteiger partial charge in [0.1, 0.15) is 5.03 Å². The number of hydrogen-bond acceptors (Lipinski definition) is 4. The number of hydrogen-bond donors (Lipinski definition) is 1. The van der Waals surface area contributed by atoms with Crippen LogP contribution in [0.2, 0.25) is 0 Å². The summed E-state index contributed by atoms with van der Waals surface area (Å²) < 4.78 is 0. The number of rotatable bonds is 3. The van der Waals surface area contributed by atoms with Gasteiger partial charge < -0.3 is 5.11 Å². The predicted octanol–water partition coefficient (Wildman–Crippen LogP) is 2.43. The van der Waals surface area contributed by atoms with Gasteiger partial charge in [0, 0.05) is 17.3 Å². The molecule has 0 amide bonds. The van der Waals surface area contributed by atoms with Crippen LogP contribution in [0, 0.1) is 6.92 Å². The lowest BCUT2D eigenvalue weighted by molar-refractivity contribution is 0.279. The number of nitrogens with zero attached hydrogens (tertiary/aromatic N) is 2. The molecule has 1 N–H and O–H groups in total. The summed E-state index contributed by atoms with van der Waals surface area (Å²) in [6.45, 7) is 2.06. The molecule has 4 heteroatoms. The second kappa shape index (κ2) is 5.09. The summed E-state index contributed by atoms with van der Waals surface area (Å²) in [4.78, 5) is 9.22. The molecule has 0 spiro atoms. The van der Waals surface area contributed by atoms with Crippen molar-refractivity contribution < 1.29 is 5.11 Å². The first-order valence-corrected chi connectivity index (χ1v) is 5.75. The molecular weight excluding hydrogens is 220 g/mol. The third-order valence-electron chi connectivity index (χ3n) is 2.14. The quantitative estimate of drug-likeness (QED) is 0.882. The zero-order valence-corrected chi connectivity index (χ0v) is 9.74. The summed E-state index contributed by atoms with van der Waals surface area (Å²) in [5.41, 5.74) is 2.07. The van der Waals surface area contributed by atoms with Crippen LogP contribution in [0.3, 0.4) is 0 Å². The highest BCUT2D eigenvalue weighted by Gasteiger charge is 2.04. The van der Waals surface area contributed by atoms with Gasteiger partial charge in [-0.25, -0.2) is 4.98 Å². The van der Waals surface area contributed by atoms with E-state index in [1.54, 1.807) is 18.6 Å². The third kappa shape index (κ3) is 2.59. The van der Waals surface area contributed by atoms with Crippen molar-refractivity contribution in [2.75, 3.05) is 0 Å². The number of aromatic nitrogens is 2. The molecule has 82 valence electrons. The maximum atomic E-state index is 9.27. The van der Waals surface area contributed by atoms with Gasteiger partial charge in [-0.05, 0) is 18.6 Å². The molecule has 1 aromatic carbocycles. The van der Waals surface area contributed by atoms with Crippen LogP contribution in [0.5, 0.6) is 0 Å². The van der Waals surface area contributed by atoms with E-state index in [0.717, 1.165) is 21.0 Å². The Balaban J connectivity index is 2.28. The van der Waals surface area contributed by atoms with E-state index >= 15 is 0 Å². The van der Waals surface area contributed by atoms with Crippen LogP contribution in [0.25, 0.3) is 0 Å². The Kier molecular flexibility index (Phi) is 3.54. The van der Waals surface area contributed by atoms with E-state index in [-0.39, 0.29) is 6.61 Å². The molecule has 2 rings (SSSR count). The third-order valence-corrected chi connectivity index (χ3v) is 3.18. The van der Waals surface area contributed by atoms with Gasteiger partial charge in [0.05, 0.1) is 12.8 Å². The average Bonchev–Trinajstić information content (AvgIpc) is 2.33. The standard InChI is InChI=1S/C12H12N2OS/c1-9-2-3-11(10(6-9)8-15)16-12-7-13-4-5-14-12/h2-7,15H,8H2,1H3. The Hall–Kier alpha value is -1.39. The molecule has 0 atom stereocenters. The molecule has 0 radical (unpaired) electrons. The maximum Gasteiger partial charge on any atom is 0.119 e. The molecule has 0 bridgehead atoms. The van der Waals surface area contributed by atoms with E-state index in [4.69, 9.17) is 0 Å². The van der Waals surface area contributed by atoms with Crippen LogP contribution >= 0.6 is 11.8 Å². The van der Waals surface area contributed by atoms with Crippen molar-refractivity contribution in [3.05, 3.63) is 47.9 Å².